The van der Waals surface area contributed by atoms with E-state index < -0.39 is 48.4 Å². The maximum absolute atomic E-state index is 13.1. The summed E-state index contributed by atoms with van der Waals surface area (Å²) in [6.45, 7) is 0. The molecule has 1 aliphatic heterocycles. The quantitative estimate of drug-likeness (QED) is 0.142. The molecule has 1 aliphatic rings. The van der Waals surface area contributed by atoms with Gasteiger partial charge in [-0.15, -0.1) is 75.4 Å². The summed E-state index contributed by atoms with van der Waals surface area (Å²) >= 11 is 3.71. The van der Waals surface area contributed by atoms with Crippen LogP contribution >= 0.6 is 34.4 Å². The van der Waals surface area contributed by atoms with E-state index in [4.69, 9.17) is 0 Å². The van der Waals surface area contributed by atoms with Gasteiger partial charge in [0.25, 0.3) is 0 Å². The van der Waals surface area contributed by atoms with Gasteiger partial charge in [-0.05, 0) is 71.8 Å². The highest BCUT2D eigenvalue weighted by Gasteiger charge is 2.38. The van der Waals surface area contributed by atoms with Crippen molar-refractivity contribution in [1.82, 2.24) is 8.75 Å². The van der Waals surface area contributed by atoms with Crippen LogP contribution in [0.2, 0.25) is 0 Å². The third-order valence-electron chi connectivity index (χ3n) is 6.99. The number of thiophene rings is 2. The molecule has 0 fully saturated rings. The van der Waals surface area contributed by atoms with Crippen molar-refractivity contribution < 1.29 is 71.6 Å². The minimum absolute atomic E-state index is 0.0600. The van der Waals surface area contributed by atoms with Gasteiger partial charge in [-0.1, -0.05) is 0 Å². The summed E-state index contributed by atoms with van der Waals surface area (Å²) in [4.78, 5) is 1.59. The van der Waals surface area contributed by atoms with Crippen LogP contribution in [0, 0.1) is 0 Å². The lowest BCUT2D eigenvalue weighted by molar-refractivity contribution is -0.287. The maximum Gasteiger partial charge on any atom is 0.573 e. The van der Waals surface area contributed by atoms with Gasteiger partial charge in [0.05, 0.1) is 23.1 Å². The third-order valence-corrected chi connectivity index (χ3v) is 10.3. The summed E-state index contributed by atoms with van der Waals surface area (Å²) in [6, 6.07) is 11.3. The van der Waals surface area contributed by atoms with Crippen LogP contribution in [0.4, 0.5) is 64.1 Å². The molecule has 0 saturated heterocycles. The summed E-state index contributed by atoms with van der Waals surface area (Å²) in [7, 11) is 0. The number of benzene rings is 3. The number of ether oxygens (including phenoxy) is 4. The van der Waals surface area contributed by atoms with Gasteiger partial charge < -0.3 is 18.9 Å². The molecule has 0 amide bonds. The first-order valence-electron chi connectivity index (χ1n) is 14.1. The van der Waals surface area contributed by atoms with Gasteiger partial charge in [-0.3, -0.25) is 0 Å². The molecular formula is C30H10F12N4O4S4. The third kappa shape index (κ3) is 8.09. The average Bonchev–Trinajstić information content (AvgIpc) is 3.86. The molecule has 0 radical (unpaired) electrons. The van der Waals surface area contributed by atoms with E-state index in [9.17, 15) is 52.7 Å². The van der Waals surface area contributed by atoms with Crippen molar-refractivity contribution in [2.75, 3.05) is 0 Å². The lowest BCUT2D eigenvalue weighted by Gasteiger charge is -2.16. The number of hydrogen-bond donors (Lipinski definition) is 0. The minimum Gasteiger partial charge on any atom is -0.402 e. The van der Waals surface area contributed by atoms with E-state index in [-0.39, 0.29) is 11.1 Å². The number of fused-ring (bicyclic) bond motifs is 2. The van der Waals surface area contributed by atoms with Crippen LogP contribution in [-0.2, 0) is 11.4 Å². The van der Waals surface area contributed by atoms with Gasteiger partial charge >= 0.3 is 25.4 Å². The van der Waals surface area contributed by atoms with Crippen LogP contribution in [-0.4, -0.2) is 34.2 Å². The molecule has 24 heteroatoms. The monoisotopic (exact) mass is 846 g/mol. The van der Waals surface area contributed by atoms with Crippen molar-refractivity contribution in [3.05, 3.63) is 60.7 Å². The topological polar surface area (TPSA) is 87.4 Å². The van der Waals surface area contributed by atoms with E-state index in [2.05, 4.69) is 36.4 Å². The zero-order chi connectivity index (χ0) is 38.8. The van der Waals surface area contributed by atoms with E-state index in [1.165, 1.54) is 12.1 Å². The maximum atomic E-state index is 13.1. The van der Waals surface area contributed by atoms with E-state index in [0.29, 0.717) is 65.2 Å². The van der Waals surface area contributed by atoms with Crippen LogP contribution in [0.5, 0.6) is 23.0 Å². The molecule has 3 aromatic carbocycles. The zero-order valence-corrected chi connectivity index (χ0v) is 28.6. The van der Waals surface area contributed by atoms with Gasteiger partial charge in [0.15, 0.2) is 23.0 Å². The second kappa shape index (κ2) is 13.4. The van der Waals surface area contributed by atoms with Crippen LogP contribution in [0.25, 0.3) is 52.8 Å². The number of rotatable bonds is 8. The molecular weight excluding hydrogens is 837 g/mol. The standard InChI is InChI=1S/C30H10F12N4O4S4/c31-27(32,33)47-13-3-1-11(9-15(13)49-29(37,38)39)17-5-7-19(51-17)21-23-25(45-53-43-23)22(26-24(21)44-54-46-26)20-8-6-18(52-20)12-2-4-14(48-28(34,35)36)16(10-12)50-30(40,41)42/h1-10H. The van der Waals surface area contributed by atoms with Crippen molar-refractivity contribution in [3.8, 4) is 64.8 Å². The lowest BCUT2D eigenvalue weighted by atomic mass is 10.0. The predicted molar refractivity (Wildman–Crippen MR) is 173 cm³/mol. The van der Waals surface area contributed by atoms with Gasteiger partial charge in [-0.2, -0.15) is 17.5 Å². The van der Waals surface area contributed by atoms with E-state index in [1.54, 1.807) is 12.1 Å². The van der Waals surface area contributed by atoms with Gasteiger partial charge in [0.2, 0.25) is 0 Å². The number of nitrogens with zero attached hydrogens (tertiary/aromatic N) is 4. The Morgan fingerprint density at radius 3 is 1.15 bits per heavy atom. The SMILES string of the molecule is FC(F)(F)Oc1ccc(-c2ccc(-c3c4c(c(-c5ccc(-c6ccc(OC(F)(F)F)c(OC(F)(F)F)c6)s5)c5nsnc35)N=S=N4)s2)cc1OC(F)(F)F. The molecule has 0 atom stereocenters. The fraction of sp³-hybridized carbons (Fsp3) is 0.133. The highest BCUT2D eigenvalue weighted by molar-refractivity contribution is 7.58. The van der Waals surface area contributed by atoms with Gasteiger partial charge in [-0.25, -0.2) is 0 Å². The minimum atomic E-state index is -5.33. The van der Waals surface area contributed by atoms with Crippen molar-refractivity contribution in [3.63, 3.8) is 0 Å². The van der Waals surface area contributed by atoms with Crippen molar-refractivity contribution in [2.24, 2.45) is 8.73 Å². The second-order valence-electron chi connectivity index (χ2n) is 10.5. The molecule has 0 N–H and O–H groups in total. The molecule has 282 valence electrons. The summed E-state index contributed by atoms with van der Waals surface area (Å²) in [5, 5.41) is 0. The van der Waals surface area contributed by atoms with Crippen molar-refractivity contribution >= 4 is 68.2 Å². The van der Waals surface area contributed by atoms with Crippen LogP contribution in [0.15, 0.2) is 69.4 Å². The molecule has 0 saturated carbocycles. The first-order chi connectivity index (χ1) is 25.2. The Balaban J connectivity index is 1.27. The average molecular weight is 847 g/mol. The molecule has 54 heavy (non-hydrogen) atoms. The largest absolute Gasteiger partial charge is 0.573 e. The number of aromatic nitrogens is 2. The first-order valence-corrected chi connectivity index (χ1v) is 17.2. The smallest absolute Gasteiger partial charge is 0.402 e. The molecule has 0 spiro atoms. The molecule has 3 aromatic heterocycles. The molecule has 8 nitrogen and oxygen atoms in total. The van der Waals surface area contributed by atoms with Crippen molar-refractivity contribution in [1.29, 1.82) is 0 Å². The summed E-state index contributed by atoms with van der Waals surface area (Å²) in [5.74, 6) is -4.86. The van der Waals surface area contributed by atoms with Gasteiger partial charge in [0, 0.05) is 30.6 Å². The Bertz CT molecular complexity index is 2320. The van der Waals surface area contributed by atoms with E-state index in [1.807, 2.05) is 0 Å². The first kappa shape index (κ1) is 37.4. The molecule has 0 aliphatic carbocycles. The highest BCUT2D eigenvalue weighted by Crippen LogP contribution is 2.55. The normalized spacial score (nSPS) is 13.3. The lowest BCUT2D eigenvalue weighted by Crippen LogP contribution is -2.21. The number of hydrogen-bond acceptors (Lipinski definition) is 11. The number of halogens is 12. The Kier molecular flexibility index (Phi) is 9.29. The van der Waals surface area contributed by atoms with Crippen LogP contribution < -0.4 is 18.9 Å². The van der Waals surface area contributed by atoms with Crippen LogP contribution in [0.3, 0.4) is 0 Å². The molecule has 0 bridgehead atoms. The molecule has 4 heterocycles. The fourth-order valence-electron chi connectivity index (χ4n) is 5.13. The Morgan fingerprint density at radius 2 is 0.778 bits per heavy atom. The molecule has 0 unspecified atom stereocenters. The summed E-state index contributed by atoms with van der Waals surface area (Å²) in [5.41, 5.74) is 2.27. The van der Waals surface area contributed by atoms with Gasteiger partial charge in [0.1, 0.15) is 22.4 Å². The predicted octanol–water partition coefficient (Wildman–Crippen LogP) is 12.8. The second-order valence-corrected chi connectivity index (χ2v) is 13.7. The number of alkyl halides is 12. The Morgan fingerprint density at radius 1 is 0.426 bits per heavy atom. The fourth-order valence-corrected chi connectivity index (χ4v) is 8.35. The Hall–Kier alpha value is -4.94. The molecule has 7 rings (SSSR count). The Labute approximate surface area is 307 Å². The summed E-state index contributed by atoms with van der Waals surface area (Å²) < 4.78 is 188. The molecule has 6 aromatic rings. The summed E-state index contributed by atoms with van der Waals surface area (Å²) in [6.07, 6.45) is -21.3. The van der Waals surface area contributed by atoms with E-state index >= 15 is 0 Å². The van der Waals surface area contributed by atoms with Crippen LogP contribution in [0.1, 0.15) is 0 Å². The van der Waals surface area contributed by atoms with Crippen molar-refractivity contribution in [2.45, 2.75) is 25.4 Å². The van der Waals surface area contributed by atoms with E-state index in [0.717, 1.165) is 70.0 Å². The zero-order valence-electron chi connectivity index (χ0n) is 25.4. The highest BCUT2D eigenvalue weighted by atomic mass is 32.1.